The molecule has 0 N–H and O–H groups in total. The summed E-state index contributed by atoms with van der Waals surface area (Å²) in [5.74, 6) is 0.902. The molecule has 18 heavy (non-hydrogen) atoms. The van der Waals surface area contributed by atoms with Crippen molar-refractivity contribution in [1.82, 2.24) is 0 Å². The Morgan fingerprint density at radius 1 is 0.778 bits per heavy atom. The van der Waals surface area contributed by atoms with Crippen molar-refractivity contribution >= 4 is 0 Å². The molecule has 1 aromatic carbocycles. The topological polar surface area (TPSA) is 0 Å². The predicted molar refractivity (Wildman–Crippen MR) is 81.9 cm³/mol. The Balaban J connectivity index is 2.26. The summed E-state index contributed by atoms with van der Waals surface area (Å²) in [6, 6.07) is 11.0. The molecule has 0 saturated carbocycles. The van der Waals surface area contributed by atoms with Crippen LogP contribution in [0, 0.1) is 5.92 Å². The summed E-state index contributed by atoms with van der Waals surface area (Å²) in [7, 11) is 0. The molecule has 1 rings (SSSR count). The average molecular weight is 246 g/mol. The molecule has 0 aliphatic heterocycles. The molecule has 0 heterocycles. The predicted octanol–water partition coefficient (Wildman–Crippen LogP) is 6.01. The van der Waals surface area contributed by atoms with Gasteiger partial charge < -0.3 is 0 Å². The van der Waals surface area contributed by atoms with E-state index in [1.54, 1.807) is 0 Å². The van der Waals surface area contributed by atoms with E-state index in [0.717, 1.165) is 5.92 Å². The third-order valence-corrected chi connectivity index (χ3v) is 3.78. The number of unbranched alkanes of at least 4 members (excludes halogenated alkanes) is 4. The molecule has 0 amide bonds. The van der Waals surface area contributed by atoms with Gasteiger partial charge in [-0.1, -0.05) is 95.5 Å². The fraction of sp³-hybridized carbons (Fsp3) is 0.667. The van der Waals surface area contributed by atoms with Gasteiger partial charge in [0, 0.05) is 0 Å². The number of benzene rings is 1. The van der Waals surface area contributed by atoms with Crippen molar-refractivity contribution in [1.29, 1.82) is 0 Å². The zero-order valence-electron chi connectivity index (χ0n) is 12.3. The van der Waals surface area contributed by atoms with Gasteiger partial charge in [0.1, 0.15) is 0 Å². The molecule has 0 heteroatoms. The molecule has 0 aromatic heterocycles. The Hall–Kier alpha value is -0.780. The Bertz CT molecular complexity index is 275. The first kappa shape index (κ1) is 15.3. The van der Waals surface area contributed by atoms with Crippen molar-refractivity contribution in [2.45, 2.75) is 71.6 Å². The van der Waals surface area contributed by atoms with Crippen LogP contribution in [0.15, 0.2) is 30.3 Å². The van der Waals surface area contributed by atoms with E-state index < -0.39 is 0 Å². The van der Waals surface area contributed by atoms with Crippen molar-refractivity contribution < 1.29 is 0 Å². The van der Waals surface area contributed by atoms with Gasteiger partial charge in [-0.2, -0.15) is 0 Å². The highest BCUT2D eigenvalue weighted by molar-refractivity contribution is 5.15. The van der Waals surface area contributed by atoms with E-state index in [9.17, 15) is 0 Å². The fourth-order valence-corrected chi connectivity index (χ4v) is 2.74. The fourth-order valence-electron chi connectivity index (χ4n) is 2.74. The van der Waals surface area contributed by atoms with Crippen LogP contribution in [0.3, 0.4) is 0 Å². The summed E-state index contributed by atoms with van der Waals surface area (Å²) in [5.41, 5.74) is 1.52. The van der Waals surface area contributed by atoms with E-state index in [-0.39, 0.29) is 0 Å². The van der Waals surface area contributed by atoms with Crippen LogP contribution in [0.4, 0.5) is 0 Å². The van der Waals surface area contributed by atoms with E-state index in [0.29, 0.717) is 0 Å². The highest BCUT2D eigenvalue weighted by Gasteiger charge is 2.08. The van der Waals surface area contributed by atoms with Gasteiger partial charge >= 0.3 is 0 Å². The zero-order chi connectivity index (χ0) is 13.1. The molecule has 0 aliphatic carbocycles. The highest BCUT2D eigenvalue weighted by Crippen LogP contribution is 2.21. The molecule has 0 fully saturated rings. The van der Waals surface area contributed by atoms with Gasteiger partial charge in [0.15, 0.2) is 0 Å². The SMILES string of the molecule is CCCCCCCC(CCC)Cc1ccccc1. The summed E-state index contributed by atoms with van der Waals surface area (Å²) in [6.45, 7) is 4.60. The van der Waals surface area contributed by atoms with Crippen LogP contribution in [0.1, 0.15) is 70.8 Å². The van der Waals surface area contributed by atoms with Gasteiger partial charge in [-0.15, -0.1) is 0 Å². The summed E-state index contributed by atoms with van der Waals surface area (Å²) in [6.07, 6.45) is 12.5. The maximum absolute atomic E-state index is 2.31. The second-order valence-electron chi connectivity index (χ2n) is 5.55. The van der Waals surface area contributed by atoms with E-state index in [1.807, 2.05) is 0 Å². The first-order chi connectivity index (χ1) is 8.86. The molecular weight excluding hydrogens is 216 g/mol. The Morgan fingerprint density at radius 3 is 2.17 bits per heavy atom. The smallest absolute Gasteiger partial charge is 0.0250 e. The molecule has 0 radical (unpaired) electrons. The van der Waals surface area contributed by atoms with Crippen molar-refractivity contribution in [3.8, 4) is 0 Å². The Morgan fingerprint density at radius 2 is 1.50 bits per heavy atom. The second kappa shape index (κ2) is 10.2. The second-order valence-corrected chi connectivity index (χ2v) is 5.55. The maximum Gasteiger partial charge on any atom is -0.0250 e. The van der Waals surface area contributed by atoms with E-state index in [4.69, 9.17) is 0 Å². The number of hydrogen-bond acceptors (Lipinski definition) is 0. The highest BCUT2D eigenvalue weighted by atomic mass is 14.1. The average Bonchev–Trinajstić information content (AvgIpc) is 2.40. The molecule has 1 unspecified atom stereocenters. The lowest BCUT2D eigenvalue weighted by molar-refractivity contribution is 0.418. The van der Waals surface area contributed by atoms with Gasteiger partial charge in [-0.05, 0) is 17.9 Å². The van der Waals surface area contributed by atoms with Crippen LogP contribution in [0.5, 0.6) is 0 Å². The lowest BCUT2D eigenvalue weighted by Crippen LogP contribution is -2.04. The Kier molecular flexibility index (Phi) is 8.63. The molecule has 0 nitrogen and oxygen atoms in total. The maximum atomic E-state index is 2.31. The lowest BCUT2D eigenvalue weighted by Gasteiger charge is -2.16. The Labute approximate surface area is 114 Å². The summed E-state index contributed by atoms with van der Waals surface area (Å²) in [5, 5.41) is 0. The van der Waals surface area contributed by atoms with Gasteiger partial charge in [-0.25, -0.2) is 0 Å². The van der Waals surface area contributed by atoms with Crippen molar-refractivity contribution in [3.05, 3.63) is 35.9 Å². The molecule has 0 saturated heterocycles. The monoisotopic (exact) mass is 246 g/mol. The lowest BCUT2D eigenvalue weighted by atomic mass is 9.90. The van der Waals surface area contributed by atoms with Crippen LogP contribution in [0.2, 0.25) is 0 Å². The molecule has 0 bridgehead atoms. The first-order valence-electron chi connectivity index (χ1n) is 7.90. The quantitative estimate of drug-likeness (QED) is 0.444. The van der Waals surface area contributed by atoms with E-state index >= 15 is 0 Å². The molecule has 102 valence electrons. The van der Waals surface area contributed by atoms with E-state index in [1.165, 1.54) is 63.4 Å². The van der Waals surface area contributed by atoms with Crippen LogP contribution < -0.4 is 0 Å². The standard InChI is InChI=1S/C18H30/c1-3-5-6-7-9-13-17(12-4-2)16-18-14-10-8-11-15-18/h8,10-11,14-15,17H,3-7,9,12-13,16H2,1-2H3. The minimum atomic E-state index is 0.902. The number of hydrogen-bond donors (Lipinski definition) is 0. The molecule has 1 atom stereocenters. The van der Waals surface area contributed by atoms with Gasteiger partial charge in [0.25, 0.3) is 0 Å². The minimum absolute atomic E-state index is 0.902. The van der Waals surface area contributed by atoms with Crippen molar-refractivity contribution in [2.75, 3.05) is 0 Å². The normalized spacial score (nSPS) is 12.6. The van der Waals surface area contributed by atoms with Crippen LogP contribution in [-0.2, 0) is 6.42 Å². The summed E-state index contributed by atoms with van der Waals surface area (Å²) in [4.78, 5) is 0. The van der Waals surface area contributed by atoms with Crippen molar-refractivity contribution in [2.24, 2.45) is 5.92 Å². The van der Waals surface area contributed by atoms with Crippen LogP contribution in [0.25, 0.3) is 0 Å². The summed E-state index contributed by atoms with van der Waals surface area (Å²) >= 11 is 0. The number of rotatable bonds is 10. The molecular formula is C18H30. The zero-order valence-corrected chi connectivity index (χ0v) is 12.3. The minimum Gasteiger partial charge on any atom is -0.0654 e. The largest absolute Gasteiger partial charge is 0.0654 e. The van der Waals surface area contributed by atoms with Gasteiger partial charge in [0.2, 0.25) is 0 Å². The third kappa shape index (κ3) is 6.83. The first-order valence-corrected chi connectivity index (χ1v) is 7.90. The van der Waals surface area contributed by atoms with E-state index in [2.05, 4.69) is 44.2 Å². The van der Waals surface area contributed by atoms with Crippen LogP contribution in [-0.4, -0.2) is 0 Å². The van der Waals surface area contributed by atoms with Gasteiger partial charge in [0.05, 0.1) is 0 Å². The van der Waals surface area contributed by atoms with Gasteiger partial charge in [-0.3, -0.25) is 0 Å². The molecule has 0 aliphatic rings. The van der Waals surface area contributed by atoms with Crippen molar-refractivity contribution in [3.63, 3.8) is 0 Å². The molecule has 0 spiro atoms. The van der Waals surface area contributed by atoms with Crippen LogP contribution >= 0.6 is 0 Å². The molecule has 1 aromatic rings. The third-order valence-electron chi connectivity index (χ3n) is 3.78. The summed E-state index contributed by atoms with van der Waals surface area (Å²) < 4.78 is 0.